The first-order valence-electron chi connectivity index (χ1n) is 11.1. The molecule has 34 heavy (non-hydrogen) atoms. The minimum absolute atomic E-state index is 0.190. The van der Waals surface area contributed by atoms with E-state index in [4.69, 9.17) is 11.6 Å². The summed E-state index contributed by atoms with van der Waals surface area (Å²) >= 11 is 6.21. The number of nitrogens with zero attached hydrogens (tertiary/aromatic N) is 1. The predicted molar refractivity (Wildman–Crippen MR) is 128 cm³/mol. The van der Waals surface area contributed by atoms with Gasteiger partial charge in [-0.25, -0.2) is 4.39 Å². The van der Waals surface area contributed by atoms with Crippen molar-refractivity contribution in [2.24, 2.45) is 5.41 Å². The monoisotopic (exact) mass is 471 g/mol. The van der Waals surface area contributed by atoms with Crippen LogP contribution in [0.3, 0.4) is 0 Å². The van der Waals surface area contributed by atoms with Gasteiger partial charge in [0, 0.05) is 27.8 Å². The summed E-state index contributed by atoms with van der Waals surface area (Å²) in [4.78, 5) is 43.4. The standard InChI is InChI=1S/C28H19ClFNO3/c1-15(32)25-24(20-8-4-5-9-21(20)30)28(26(33)18-6-2-3-7-19(18)27(28)34)23-13-10-16-14-17(29)11-12-22(16)31(23)25/h2-14,23-25H,1H3/t23-,24-,25-/m0/s1. The topological polar surface area (TPSA) is 54.5 Å². The summed E-state index contributed by atoms with van der Waals surface area (Å²) in [6, 6.07) is 16.4. The molecular formula is C28H19ClFNO3. The van der Waals surface area contributed by atoms with Crippen molar-refractivity contribution in [3.8, 4) is 0 Å². The van der Waals surface area contributed by atoms with Crippen LogP contribution in [0.2, 0.25) is 5.02 Å². The highest BCUT2D eigenvalue weighted by atomic mass is 35.5. The molecule has 1 spiro atoms. The Morgan fingerprint density at radius 2 is 1.62 bits per heavy atom. The van der Waals surface area contributed by atoms with Crippen LogP contribution in [-0.4, -0.2) is 29.4 Å². The number of hydrogen-bond acceptors (Lipinski definition) is 4. The third kappa shape index (κ3) is 2.50. The quantitative estimate of drug-likeness (QED) is 0.463. The van der Waals surface area contributed by atoms with Crippen molar-refractivity contribution in [3.05, 3.63) is 106 Å². The Labute approximate surface area is 200 Å². The van der Waals surface area contributed by atoms with Crippen molar-refractivity contribution in [2.45, 2.75) is 24.9 Å². The van der Waals surface area contributed by atoms with Gasteiger partial charge in [-0.15, -0.1) is 0 Å². The minimum atomic E-state index is -1.67. The summed E-state index contributed by atoms with van der Waals surface area (Å²) in [7, 11) is 0. The fraction of sp³-hybridized carbons (Fsp3) is 0.179. The van der Waals surface area contributed by atoms with E-state index in [0.29, 0.717) is 21.8 Å². The average Bonchev–Trinajstić information content (AvgIpc) is 3.26. The molecule has 1 saturated heterocycles. The first-order chi connectivity index (χ1) is 16.4. The second kappa shape index (κ2) is 7.21. The normalized spacial score (nSPS) is 23.7. The molecule has 0 bridgehead atoms. The molecule has 1 fully saturated rings. The summed E-state index contributed by atoms with van der Waals surface area (Å²) < 4.78 is 15.3. The maximum Gasteiger partial charge on any atom is 0.180 e. The number of carbonyl (C=O) groups is 3. The molecule has 6 rings (SSSR count). The van der Waals surface area contributed by atoms with Crippen LogP contribution in [0.4, 0.5) is 10.1 Å². The average molecular weight is 472 g/mol. The molecular weight excluding hydrogens is 453 g/mol. The van der Waals surface area contributed by atoms with Gasteiger partial charge >= 0.3 is 0 Å². The van der Waals surface area contributed by atoms with Crippen molar-refractivity contribution in [3.63, 3.8) is 0 Å². The number of fused-ring (bicyclic) bond motifs is 5. The Bertz CT molecular complexity index is 1410. The van der Waals surface area contributed by atoms with Crippen LogP contribution in [0.25, 0.3) is 6.08 Å². The van der Waals surface area contributed by atoms with Crippen LogP contribution in [-0.2, 0) is 4.79 Å². The van der Waals surface area contributed by atoms with Crippen molar-refractivity contribution < 1.29 is 18.8 Å². The third-order valence-electron chi connectivity index (χ3n) is 7.42. The van der Waals surface area contributed by atoms with Gasteiger partial charge in [-0.2, -0.15) is 0 Å². The fourth-order valence-corrected chi connectivity index (χ4v) is 6.35. The lowest BCUT2D eigenvalue weighted by molar-refractivity contribution is -0.118. The Hall–Kier alpha value is -3.57. The van der Waals surface area contributed by atoms with Crippen LogP contribution in [0.5, 0.6) is 0 Å². The number of benzene rings is 3. The minimum Gasteiger partial charge on any atom is -0.352 e. The highest BCUT2D eigenvalue weighted by Crippen LogP contribution is 2.60. The third-order valence-corrected chi connectivity index (χ3v) is 7.66. The number of halogens is 2. The van der Waals surface area contributed by atoms with Crippen molar-refractivity contribution in [1.82, 2.24) is 0 Å². The molecule has 3 atom stereocenters. The number of Topliss-reactive ketones (excluding diaryl/α,β-unsaturated/α-hetero) is 3. The molecule has 2 aliphatic heterocycles. The van der Waals surface area contributed by atoms with Crippen LogP contribution >= 0.6 is 11.6 Å². The maximum atomic E-state index is 15.3. The first-order valence-corrected chi connectivity index (χ1v) is 11.4. The van der Waals surface area contributed by atoms with E-state index in [1.54, 1.807) is 66.7 Å². The lowest BCUT2D eigenvalue weighted by atomic mass is 9.64. The lowest BCUT2D eigenvalue weighted by Gasteiger charge is -2.37. The fourth-order valence-electron chi connectivity index (χ4n) is 6.17. The summed E-state index contributed by atoms with van der Waals surface area (Å²) in [5, 5.41) is 0.529. The smallest absolute Gasteiger partial charge is 0.180 e. The number of carbonyl (C=O) groups excluding carboxylic acids is 3. The van der Waals surface area contributed by atoms with Gasteiger partial charge in [-0.1, -0.05) is 66.2 Å². The second-order valence-electron chi connectivity index (χ2n) is 9.04. The maximum absolute atomic E-state index is 15.3. The van der Waals surface area contributed by atoms with Crippen molar-refractivity contribution in [1.29, 1.82) is 0 Å². The van der Waals surface area contributed by atoms with E-state index < -0.39 is 29.2 Å². The van der Waals surface area contributed by atoms with Gasteiger partial charge in [0.25, 0.3) is 0 Å². The van der Waals surface area contributed by atoms with Crippen molar-refractivity contribution in [2.75, 3.05) is 4.90 Å². The van der Waals surface area contributed by atoms with E-state index >= 15 is 4.39 Å². The zero-order valence-corrected chi connectivity index (χ0v) is 18.9. The SMILES string of the molecule is CC(=O)[C@H]1[C@H](c2ccccc2F)C2(C(=O)c3ccccc3C2=O)[C@@H]2C=Cc3cc(Cl)ccc3N21. The number of ketones is 3. The summed E-state index contributed by atoms with van der Waals surface area (Å²) in [6.45, 7) is 1.43. The molecule has 0 radical (unpaired) electrons. The first kappa shape index (κ1) is 21.0. The van der Waals surface area contributed by atoms with E-state index in [9.17, 15) is 14.4 Å². The van der Waals surface area contributed by atoms with E-state index in [-0.39, 0.29) is 22.9 Å². The summed E-state index contributed by atoms with van der Waals surface area (Å²) in [6.07, 6.45) is 3.62. The van der Waals surface area contributed by atoms with E-state index in [0.717, 1.165) is 5.56 Å². The van der Waals surface area contributed by atoms with Crippen LogP contribution in [0.1, 0.15) is 44.7 Å². The van der Waals surface area contributed by atoms with Crippen LogP contribution < -0.4 is 4.90 Å². The van der Waals surface area contributed by atoms with Gasteiger partial charge in [0.15, 0.2) is 17.3 Å². The van der Waals surface area contributed by atoms with Gasteiger partial charge in [-0.05, 0) is 42.3 Å². The Balaban J connectivity index is 1.70. The zero-order chi connectivity index (χ0) is 23.8. The number of hydrogen-bond donors (Lipinski definition) is 0. The molecule has 1 aliphatic carbocycles. The zero-order valence-electron chi connectivity index (χ0n) is 18.2. The summed E-state index contributed by atoms with van der Waals surface area (Å²) in [5.41, 5.74) is 0.606. The van der Waals surface area contributed by atoms with Gasteiger partial charge < -0.3 is 4.90 Å². The van der Waals surface area contributed by atoms with Crippen LogP contribution in [0, 0.1) is 11.2 Å². The Kier molecular flexibility index (Phi) is 4.45. The largest absolute Gasteiger partial charge is 0.352 e. The summed E-state index contributed by atoms with van der Waals surface area (Å²) in [5.74, 6) is -2.54. The highest BCUT2D eigenvalue weighted by molar-refractivity contribution is 6.32. The molecule has 6 heteroatoms. The van der Waals surface area contributed by atoms with Gasteiger partial charge in [-0.3, -0.25) is 14.4 Å². The molecule has 3 aromatic rings. The number of rotatable bonds is 2. The molecule has 0 unspecified atom stereocenters. The predicted octanol–water partition coefficient (Wildman–Crippen LogP) is 5.50. The molecule has 3 aliphatic rings. The molecule has 0 saturated carbocycles. The second-order valence-corrected chi connectivity index (χ2v) is 9.48. The molecule has 168 valence electrons. The highest BCUT2D eigenvalue weighted by Gasteiger charge is 2.71. The molecule has 0 amide bonds. The van der Waals surface area contributed by atoms with E-state index in [1.807, 2.05) is 11.0 Å². The van der Waals surface area contributed by atoms with Gasteiger partial charge in [0.05, 0.1) is 12.1 Å². The Morgan fingerprint density at radius 3 is 2.26 bits per heavy atom. The van der Waals surface area contributed by atoms with E-state index in [1.165, 1.54) is 13.0 Å². The Morgan fingerprint density at radius 1 is 0.971 bits per heavy atom. The van der Waals surface area contributed by atoms with Gasteiger partial charge in [0.1, 0.15) is 11.2 Å². The molecule has 3 aromatic carbocycles. The number of anilines is 1. The van der Waals surface area contributed by atoms with Crippen molar-refractivity contribution >= 4 is 40.7 Å². The van der Waals surface area contributed by atoms with Crippen LogP contribution in [0.15, 0.2) is 72.8 Å². The molecule has 4 nitrogen and oxygen atoms in total. The van der Waals surface area contributed by atoms with Gasteiger partial charge in [0.2, 0.25) is 0 Å². The van der Waals surface area contributed by atoms with E-state index in [2.05, 4.69) is 0 Å². The molecule has 0 aromatic heterocycles. The lowest BCUT2D eigenvalue weighted by Crippen LogP contribution is -2.48. The molecule has 2 heterocycles. The molecule has 0 N–H and O–H groups in total.